The second-order valence-electron chi connectivity index (χ2n) is 6.48. The number of nitrogens with two attached hydrogens (primary N) is 2. The molecule has 1 amide bonds. The van der Waals surface area contributed by atoms with Crippen LogP contribution in [0, 0.1) is 5.82 Å². The molecule has 2 aromatic heterocycles. The molecule has 1 aliphatic heterocycles. The Balaban J connectivity index is 1.89. The van der Waals surface area contributed by atoms with Gasteiger partial charge in [0.2, 0.25) is 5.88 Å². The van der Waals surface area contributed by atoms with Crippen molar-refractivity contribution in [3.05, 3.63) is 35.5 Å². The van der Waals surface area contributed by atoms with Gasteiger partial charge in [0.1, 0.15) is 30.6 Å². The first kappa shape index (κ1) is 22.0. The monoisotopic (exact) mass is 443 g/mol. The lowest BCUT2D eigenvalue weighted by Gasteiger charge is -2.36. The minimum atomic E-state index is -3.64. The Morgan fingerprint density at radius 3 is 2.74 bits per heavy atom. The molecule has 0 bridgehead atoms. The summed E-state index contributed by atoms with van der Waals surface area (Å²) in [5, 5.41) is 2.27. The fraction of sp³-hybridized carbons (Fsp3) is 0.353. The van der Waals surface area contributed by atoms with Crippen LogP contribution in [-0.4, -0.2) is 52.7 Å². The maximum atomic E-state index is 14.5. The second kappa shape index (κ2) is 8.20. The van der Waals surface area contributed by atoms with Gasteiger partial charge in [0.15, 0.2) is 23.7 Å². The number of anilines is 2. The normalized spacial score (nSPS) is 19.8. The van der Waals surface area contributed by atoms with E-state index in [-0.39, 0.29) is 29.8 Å². The summed E-state index contributed by atoms with van der Waals surface area (Å²) in [5.74, 6) is -6.35. The largest absolute Gasteiger partial charge is 0.474 e. The fourth-order valence-corrected chi connectivity index (χ4v) is 2.67. The van der Waals surface area contributed by atoms with Gasteiger partial charge in [-0.1, -0.05) is 0 Å². The quantitative estimate of drug-likeness (QED) is 0.567. The predicted molar refractivity (Wildman–Crippen MR) is 99.9 cm³/mol. The highest BCUT2D eigenvalue weighted by Crippen LogP contribution is 2.43. The van der Waals surface area contributed by atoms with Gasteiger partial charge in [-0.05, 0) is 19.1 Å². The van der Waals surface area contributed by atoms with E-state index < -0.39 is 48.2 Å². The van der Waals surface area contributed by atoms with Gasteiger partial charge in [0.25, 0.3) is 11.9 Å². The number of aliphatic imine (C=N–C) groups is 1. The van der Waals surface area contributed by atoms with Gasteiger partial charge in [0, 0.05) is 0 Å². The number of carbonyl (C=O) groups is 1. The van der Waals surface area contributed by atoms with Crippen molar-refractivity contribution in [3.8, 4) is 5.88 Å². The zero-order valence-electron chi connectivity index (χ0n) is 16.0. The molecular weight excluding hydrogens is 426 g/mol. The van der Waals surface area contributed by atoms with Crippen LogP contribution in [0.1, 0.15) is 23.1 Å². The van der Waals surface area contributed by atoms with E-state index in [1.807, 2.05) is 0 Å². The number of rotatable bonds is 6. The molecule has 3 rings (SSSR count). The van der Waals surface area contributed by atoms with Crippen molar-refractivity contribution < 1.29 is 31.8 Å². The van der Waals surface area contributed by atoms with Crippen LogP contribution in [0.2, 0.25) is 0 Å². The highest BCUT2D eigenvalue weighted by atomic mass is 19.3. The molecule has 0 saturated heterocycles. The van der Waals surface area contributed by atoms with Crippen molar-refractivity contribution in [3.63, 3.8) is 0 Å². The SMILES string of the molecule is CC1(c2nc(NC(=O)c3ncc(OCCF)nc3N)ccc2F)N=C(N)OCC1(F)F. The van der Waals surface area contributed by atoms with Gasteiger partial charge in [-0.15, -0.1) is 0 Å². The number of carbonyl (C=O) groups excluding carboxylic acids is 1. The molecule has 0 aromatic carbocycles. The summed E-state index contributed by atoms with van der Waals surface area (Å²) in [6.45, 7) is -1.22. The number of aromatic nitrogens is 3. The van der Waals surface area contributed by atoms with Crippen molar-refractivity contribution in [2.45, 2.75) is 18.4 Å². The number of amides is 1. The average molecular weight is 443 g/mol. The predicted octanol–water partition coefficient (Wildman–Crippen LogP) is 1.39. The number of nitrogen functional groups attached to an aromatic ring is 1. The van der Waals surface area contributed by atoms with Gasteiger partial charge in [-0.25, -0.2) is 23.7 Å². The number of hydrogen-bond acceptors (Lipinski definition) is 9. The Hall–Kier alpha value is -3.71. The lowest BCUT2D eigenvalue weighted by atomic mass is 9.89. The number of hydrogen-bond donors (Lipinski definition) is 3. The van der Waals surface area contributed by atoms with Crippen molar-refractivity contribution in [2.75, 3.05) is 30.9 Å². The molecule has 10 nitrogen and oxygen atoms in total. The maximum Gasteiger partial charge on any atom is 0.311 e. The van der Waals surface area contributed by atoms with Crippen LogP contribution in [0.4, 0.5) is 29.2 Å². The number of alkyl halides is 3. The minimum absolute atomic E-state index is 0.0981. The van der Waals surface area contributed by atoms with Gasteiger partial charge < -0.3 is 26.3 Å². The fourth-order valence-electron chi connectivity index (χ4n) is 2.67. The molecule has 0 radical (unpaired) electrons. The second-order valence-corrected chi connectivity index (χ2v) is 6.48. The molecule has 31 heavy (non-hydrogen) atoms. The zero-order valence-corrected chi connectivity index (χ0v) is 16.0. The number of pyridine rings is 1. The molecule has 14 heteroatoms. The number of nitrogens with one attached hydrogen (secondary N) is 1. The van der Waals surface area contributed by atoms with E-state index in [4.69, 9.17) is 16.2 Å². The molecule has 5 N–H and O–H groups in total. The number of amidine groups is 1. The van der Waals surface area contributed by atoms with Crippen LogP contribution in [0.3, 0.4) is 0 Å². The Morgan fingerprint density at radius 2 is 2.06 bits per heavy atom. The molecule has 166 valence electrons. The van der Waals surface area contributed by atoms with Gasteiger partial charge >= 0.3 is 5.92 Å². The highest BCUT2D eigenvalue weighted by Gasteiger charge is 2.57. The lowest BCUT2D eigenvalue weighted by Crippen LogP contribution is -2.51. The molecule has 0 aliphatic carbocycles. The minimum Gasteiger partial charge on any atom is -0.474 e. The summed E-state index contributed by atoms with van der Waals surface area (Å²) in [4.78, 5) is 27.3. The summed E-state index contributed by atoms with van der Waals surface area (Å²) in [5.41, 5.74) is 7.47. The smallest absolute Gasteiger partial charge is 0.311 e. The first-order chi connectivity index (χ1) is 14.6. The van der Waals surface area contributed by atoms with Crippen molar-refractivity contribution in [1.29, 1.82) is 0 Å². The zero-order chi connectivity index (χ0) is 22.8. The van der Waals surface area contributed by atoms with Crippen molar-refractivity contribution >= 4 is 23.6 Å². The van der Waals surface area contributed by atoms with Gasteiger partial charge in [0.05, 0.1) is 6.20 Å². The van der Waals surface area contributed by atoms with Crippen molar-refractivity contribution in [2.24, 2.45) is 10.7 Å². The summed E-state index contributed by atoms with van der Waals surface area (Å²) in [7, 11) is 0. The van der Waals surface area contributed by atoms with Crippen LogP contribution >= 0.6 is 0 Å². The number of ether oxygens (including phenoxy) is 2. The number of halogens is 4. The van der Waals surface area contributed by atoms with Crippen LogP contribution in [0.25, 0.3) is 0 Å². The summed E-state index contributed by atoms with van der Waals surface area (Å²) in [6.07, 6.45) is 1.05. The number of nitrogens with zero attached hydrogens (tertiary/aromatic N) is 4. The Kier molecular flexibility index (Phi) is 5.81. The van der Waals surface area contributed by atoms with Gasteiger partial charge in [-0.3, -0.25) is 4.79 Å². The van der Waals surface area contributed by atoms with Crippen LogP contribution in [0.5, 0.6) is 5.88 Å². The Morgan fingerprint density at radius 1 is 1.32 bits per heavy atom. The van der Waals surface area contributed by atoms with E-state index >= 15 is 0 Å². The first-order valence-electron chi connectivity index (χ1n) is 8.73. The molecule has 0 saturated carbocycles. The van der Waals surface area contributed by atoms with Gasteiger partial charge in [-0.2, -0.15) is 13.8 Å². The van der Waals surface area contributed by atoms with E-state index in [1.54, 1.807) is 0 Å². The summed E-state index contributed by atoms with van der Waals surface area (Å²) < 4.78 is 65.0. The van der Waals surface area contributed by atoms with E-state index in [0.29, 0.717) is 0 Å². The first-order valence-corrected chi connectivity index (χ1v) is 8.73. The molecule has 3 heterocycles. The van der Waals surface area contributed by atoms with E-state index in [0.717, 1.165) is 25.3 Å². The van der Waals surface area contributed by atoms with E-state index in [1.165, 1.54) is 0 Å². The Bertz CT molecular complexity index is 1040. The summed E-state index contributed by atoms with van der Waals surface area (Å²) in [6, 6.07) is 1.33. The molecule has 1 aliphatic rings. The molecule has 2 aromatic rings. The third-order valence-corrected chi connectivity index (χ3v) is 4.32. The van der Waals surface area contributed by atoms with Crippen LogP contribution < -0.4 is 21.5 Å². The lowest BCUT2D eigenvalue weighted by molar-refractivity contribution is -0.118. The van der Waals surface area contributed by atoms with Crippen molar-refractivity contribution in [1.82, 2.24) is 15.0 Å². The average Bonchev–Trinajstić information content (AvgIpc) is 2.71. The molecular formula is C17H17F4N7O3. The van der Waals surface area contributed by atoms with E-state index in [2.05, 4.69) is 30.0 Å². The standard InChI is InChI=1S/C17H17F4N7O3/c1-16(17(20,21)7-31-15(23)28-16)12-8(19)2-3-9(25-12)26-14(29)11-13(22)27-10(6-24-11)30-5-4-18/h2-3,6H,4-5,7H2,1H3,(H2,22,27)(H2,23,28)(H,25,26,29). The highest BCUT2D eigenvalue weighted by molar-refractivity contribution is 6.05. The summed E-state index contributed by atoms with van der Waals surface area (Å²) >= 11 is 0. The third kappa shape index (κ3) is 4.27. The molecule has 1 atom stereocenters. The Labute approximate surface area is 172 Å². The maximum absolute atomic E-state index is 14.5. The topological polar surface area (TPSA) is 151 Å². The molecule has 1 unspecified atom stereocenters. The molecule has 0 fully saturated rings. The molecule has 0 spiro atoms. The van der Waals surface area contributed by atoms with Crippen LogP contribution in [-0.2, 0) is 10.3 Å². The van der Waals surface area contributed by atoms with Crippen LogP contribution in [0.15, 0.2) is 23.3 Å². The van der Waals surface area contributed by atoms with E-state index in [9.17, 15) is 22.4 Å². The third-order valence-electron chi connectivity index (χ3n) is 4.32.